The van der Waals surface area contributed by atoms with Crippen molar-refractivity contribution in [1.29, 1.82) is 5.26 Å². The molecule has 0 saturated carbocycles. The maximum absolute atomic E-state index is 12.9. The Balaban J connectivity index is 1.53. The Morgan fingerprint density at radius 2 is 2.06 bits per heavy atom. The Hall–Kier alpha value is -3.58. The number of benzene rings is 1. The first-order chi connectivity index (χ1) is 14.9. The Morgan fingerprint density at radius 3 is 2.77 bits per heavy atom. The van der Waals surface area contributed by atoms with E-state index in [4.69, 9.17) is 0 Å². The Kier molecular flexibility index (Phi) is 5.77. The van der Waals surface area contributed by atoms with Gasteiger partial charge in [0.1, 0.15) is 23.1 Å². The number of ether oxygens (including phenoxy) is 1. The van der Waals surface area contributed by atoms with Crippen LogP contribution in [0.5, 0.6) is 5.75 Å². The van der Waals surface area contributed by atoms with E-state index in [0.717, 1.165) is 5.56 Å². The van der Waals surface area contributed by atoms with E-state index >= 15 is 0 Å². The number of H-pyrrole nitrogens is 1. The van der Waals surface area contributed by atoms with E-state index in [-0.39, 0.29) is 22.5 Å². The van der Waals surface area contributed by atoms with Gasteiger partial charge in [0, 0.05) is 38.9 Å². The minimum absolute atomic E-state index is 0.0624. The van der Waals surface area contributed by atoms with Gasteiger partial charge in [0.25, 0.3) is 5.56 Å². The molecule has 1 N–H and O–H groups in total. The number of alkyl halides is 2. The van der Waals surface area contributed by atoms with Gasteiger partial charge in [-0.3, -0.25) is 9.69 Å². The second kappa shape index (κ2) is 8.65. The zero-order valence-corrected chi connectivity index (χ0v) is 16.8. The number of nitriles is 1. The van der Waals surface area contributed by atoms with Crippen LogP contribution >= 0.6 is 0 Å². The summed E-state index contributed by atoms with van der Waals surface area (Å²) < 4.78 is 30.5. The minimum atomic E-state index is -3.00. The lowest BCUT2D eigenvalue weighted by molar-refractivity contribution is -0.0489. The number of hydrogen-bond donors (Lipinski definition) is 1. The number of fused-ring (bicyclic) bond motifs is 1. The highest BCUT2D eigenvalue weighted by atomic mass is 19.3. The van der Waals surface area contributed by atoms with Gasteiger partial charge in [-0.15, -0.1) is 0 Å². The molecule has 1 aromatic carbocycles. The molecular weight excluding hydrogens is 406 g/mol. The quantitative estimate of drug-likeness (QED) is 0.669. The van der Waals surface area contributed by atoms with E-state index in [1.165, 1.54) is 13.0 Å². The van der Waals surface area contributed by atoms with Crippen molar-refractivity contribution in [2.24, 2.45) is 0 Å². The number of nitrogens with zero attached hydrogens (tertiary/aromatic N) is 5. The number of aromatic amines is 1. The van der Waals surface area contributed by atoms with Crippen LogP contribution in [0.15, 0.2) is 35.3 Å². The van der Waals surface area contributed by atoms with E-state index in [2.05, 4.69) is 35.6 Å². The number of piperazine rings is 1. The van der Waals surface area contributed by atoms with Crippen molar-refractivity contribution in [2.45, 2.75) is 20.1 Å². The van der Waals surface area contributed by atoms with Crippen LogP contribution in [0, 0.1) is 18.3 Å². The predicted octanol–water partition coefficient (Wildman–Crippen LogP) is 2.42. The maximum atomic E-state index is 12.9. The SMILES string of the molecule is Cc1nc2c(OC(F)F)cc(CN3CCN(c4ncccc4C#N)CC3)cc2[nH]c1=O. The molecule has 4 rings (SSSR count). The molecule has 0 radical (unpaired) electrons. The molecule has 0 aliphatic carbocycles. The summed E-state index contributed by atoms with van der Waals surface area (Å²) in [5.41, 5.74) is 1.63. The van der Waals surface area contributed by atoms with Crippen molar-refractivity contribution in [2.75, 3.05) is 31.1 Å². The number of aryl methyl sites for hydroxylation is 1. The predicted molar refractivity (Wildman–Crippen MR) is 110 cm³/mol. The van der Waals surface area contributed by atoms with Gasteiger partial charge < -0.3 is 14.6 Å². The third kappa shape index (κ3) is 4.46. The van der Waals surface area contributed by atoms with Crippen LogP contribution in [0.1, 0.15) is 16.8 Å². The van der Waals surface area contributed by atoms with E-state index in [0.29, 0.717) is 49.6 Å². The average Bonchev–Trinajstić information content (AvgIpc) is 2.75. The van der Waals surface area contributed by atoms with Crippen LogP contribution in [-0.2, 0) is 6.54 Å². The molecule has 3 heterocycles. The maximum Gasteiger partial charge on any atom is 0.387 e. The van der Waals surface area contributed by atoms with Gasteiger partial charge in [0.05, 0.1) is 11.1 Å². The molecule has 2 aromatic heterocycles. The van der Waals surface area contributed by atoms with Crippen LogP contribution in [0.3, 0.4) is 0 Å². The Morgan fingerprint density at radius 1 is 1.29 bits per heavy atom. The lowest BCUT2D eigenvalue weighted by Crippen LogP contribution is -2.46. The molecule has 10 heteroatoms. The standard InChI is InChI=1S/C21H20F2N6O2/c1-13-20(30)27-16-9-14(10-17(18(16)26-13)31-21(22)23)12-28-5-7-29(8-6-28)19-15(11-24)3-2-4-25-19/h2-4,9-10,21H,5-8,12H2,1H3,(H,27,30). The average molecular weight is 426 g/mol. The van der Waals surface area contributed by atoms with Crippen molar-refractivity contribution in [3.8, 4) is 11.8 Å². The normalized spacial score (nSPS) is 14.7. The first kappa shape index (κ1) is 20.7. The van der Waals surface area contributed by atoms with Crippen LogP contribution < -0.4 is 15.2 Å². The molecule has 8 nitrogen and oxygen atoms in total. The molecule has 3 aromatic rings. The Labute approximate surface area is 176 Å². The number of hydrogen-bond acceptors (Lipinski definition) is 7. The second-order valence-electron chi connectivity index (χ2n) is 7.27. The molecule has 1 aliphatic rings. The molecule has 160 valence electrons. The summed E-state index contributed by atoms with van der Waals surface area (Å²) in [6.07, 6.45) is 1.67. The van der Waals surface area contributed by atoms with Gasteiger partial charge in [-0.1, -0.05) is 0 Å². The molecule has 0 amide bonds. The topological polar surface area (TPSA) is 98.1 Å². The van der Waals surface area contributed by atoms with E-state index in [9.17, 15) is 18.8 Å². The summed E-state index contributed by atoms with van der Waals surface area (Å²) in [6, 6.07) is 8.91. The summed E-state index contributed by atoms with van der Waals surface area (Å²) in [4.78, 5) is 27.3. The zero-order chi connectivity index (χ0) is 22.0. The molecule has 31 heavy (non-hydrogen) atoms. The number of pyridine rings is 1. The van der Waals surface area contributed by atoms with Crippen molar-refractivity contribution in [1.82, 2.24) is 19.9 Å². The van der Waals surface area contributed by atoms with Gasteiger partial charge in [0.15, 0.2) is 5.75 Å². The third-order valence-corrected chi connectivity index (χ3v) is 5.19. The van der Waals surface area contributed by atoms with E-state index < -0.39 is 6.61 Å². The summed E-state index contributed by atoms with van der Waals surface area (Å²) in [6.45, 7) is 1.77. The smallest absolute Gasteiger partial charge is 0.387 e. The fraction of sp³-hybridized carbons (Fsp3) is 0.333. The second-order valence-corrected chi connectivity index (χ2v) is 7.27. The van der Waals surface area contributed by atoms with Crippen molar-refractivity contribution < 1.29 is 13.5 Å². The minimum Gasteiger partial charge on any atom is -0.432 e. The highest BCUT2D eigenvalue weighted by Gasteiger charge is 2.21. The molecule has 1 aliphatic heterocycles. The Bertz CT molecular complexity index is 1200. The number of anilines is 1. The number of nitrogens with one attached hydrogen (secondary N) is 1. The van der Waals surface area contributed by atoms with Crippen LogP contribution in [0.25, 0.3) is 11.0 Å². The highest BCUT2D eigenvalue weighted by Crippen LogP contribution is 2.27. The van der Waals surface area contributed by atoms with Crippen LogP contribution in [0.2, 0.25) is 0 Å². The number of rotatable bonds is 5. The van der Waals surface area contributed by atoms with Gasteiger partial charge in [-0.2, -0.15) is 14.0 Å². The molecular formula is C21H20F2N6O2. The largest absolute Gasteiger partial charge is 0.432 e. The van der Waals surface area contributed by atoms with Crippen molar-refractivity contribution in [3.05, 3.63) is 57.6 Å². The van der Waals surface area contributed by atoms with E-state index in [1.54, 1.807) is 24.4 Å². The fourth-order valence-electron chi connectivity index (χ4n) is 3.70. The molecule has 0 unspecified atom stereocenters. The fourth-order valence-corrected chi connectivity index (χ4v) is 3.70. The van der Waals surface area contributed by atoms with Crippen LogP contribution in [0.4, 0.5) is 14.6 Å². The molecule has 0 spiro atoms. The lowest BCUT2D eigenvalue weighted by Gasteiger charge is -2.35. The van der Waals surface area contributed by atoms with Gasteiger partial charge in [-0.25, -0.2) is 9.97 Å². The molecule has 0 bridgehead atoms. The third-order valence-electron chi connectivity index (χ3n) is 5.19. The van der Waals surface area contributed by atoms with Crippen molar-refractivity contribution >= 4 is 16.9 Å². The summed E-state index contributed by atoms with van der Waals surface area (Å²) in [5, 5.41) is 9.28. The summed E-state index contributed by atoms with van der Waals surface area (Å²) >= 11 is 0. The molecule has 1 fully saturated rings. The first-order valence-corrected chi connectivity index (χ1v) is 9.75. The van der Waals surface area contributed by atoms with Gasteiger partial charge >= 0.3 is 6.61 Å². The number of halogens is 2. The molecule has 0 atom stereocenters. The van der Waals surface area contributed by atoms with Crippen LogP contribution in [-0.4, -0.2) is 52.6 Å². The van der Waals surface area contributed by atoms with Gasteiger partial charge in [0.2, 0.25) is 0 Å². The summed E-state index contributed by atoms with van der Waals surface area (Å²) in [7, 11) is 0. The first-order valence-electron chi connectivity index (χ1n) is 9.75. The van der Waals surface area contributed by atoms with Gasteiger partial charge in [-0.05, 0) is 36.8 Å². The highest BCUT2D eigenvalue weighted by molar-refractivity contribution is 5.81. The van der Waals surface area contributed by atoms with Crippen molar-refractivity contribution in [3.63, 3.8) is 0 Å². The lowest BCUT2D eigenvalue weighted by atomic mass is 10.1. The molecule has 1 saturated heterocycles. The summed E-state index contributed by atoms with van der Waals surface area (Å²) in [5.74, 6) is 0.606. The monoisotopic (exact) mass is 426 g/mol. The zero-order valence-electron chi connectivity index (χ0n) is 16.8. The van der Waals surface area contributed by atoms with E-state index in [1.807, 2.05) is 0 Å². The number of aromatic nitrogens is 3.